The first-order chi connectivity index (χ1) is 11.7. The molecule has 136 valence electrons. The van der Waals surface area contributed by atoms with Gasteiger partial charge >= 0.3 is 0 Å². The molecule has 0 bridgehead atoms. The fraction of sp³-hybridized carbons (Fsp3) is 0.478. The minimum absolute atomic E-state index is 0.462. The molecule has 0 aliphatic heterocycles. The zero-order valence-corrected chi connectivity index (χ0v) is 18.4. The summed E-state index contributed by atoms with van der Waals surface area (Å²) in [5, 5.41) is 0. The van der Waals surface area contributed by atoms with Crippen molar-refractivity contribution in [2.24, 2.45) is 0 Å². The predicted octanol–water partition coefficient (Wildman–Crippen LogP) is 7.80. The second-order valence-electron chi connectivity index (χ2n) is 7.81. The van der Waals surface area contributed by atoms with Gasteiger partial charge in [0.1, 0.15) is 5.75 Å². The van der Waals surface area contributed by atoms with Crippen LogP contribution in [0.1, 0.15) is 81.5 Å². The number of rotatable bonds is 5. The average Bonchev–Trinajstić information content (AvgIpc) is 2.54. The van der Waals surface area contributed by atoms with Crippen LogP contribution in [0.15, 0.2) is 28.7 Å². The Morgan fingerprint density at radius 3 is 1.72 bits per heavy atom. The van der Waals surface area contributed by atoms with Gasteiger partial charge in [0.05, 0.1) is 11.6 Å². The third-order valence-electron chi connectivity index (χ3n) is 4.92. The molecule has 2 aromatic carbocycles. The van der Waals surface area contributed by atoms with Crippen molar-refractivity contribution < 1.29 is 4.74 Å². The van der Waals surface area contributed by atoms with Gasteiger partial charge in [-0.3, -0.25) is 0 Å². The molecule has 0 heterocycles. The molecule has 0 fully saturated rings. The molecule has 0 aromatic heterocycles. The van der Waals surface area contributed by atoms with E-state index in [9.17, 15) is 0 Å². The monoisotopic (exact) mass is 402 g/mol. The van der Waals surface area contributed by atoms with Crippen LogP contribution in [0.4, 0.5) is 0 Å². The molecule has 0 saturated carbocycles. The molecule has 0 atom stereocenters. The smallest absolute Gasteiger partial charge is 0.133 e. The summed E-state index contributed by atoms with van der Waals surface area (Å²) in [6.45, 7) is 15.9. The van der Waals surface area contributed by atoms with E-state index in [1.54, 1.807) is 7.11 Å². The maximum atomic E-state index is 5.58. The second kappa shape index (κ2) is 7.95. The SMILES string of the molecule is COc1ccc(C)c(-c2c(C(C)C)cc(C(C)C)cc2C(C)C)c1Br. The van der Waals surface area contributed by atoms with Crippen molar-refractivity contribution in [1.29, 1.82) is 0 Å². The molecule has 0 unspecified atom stereocenters. The maximum Gasteiger partial charge on any atom is 0.133 e. The third-order valence-corrected chi connectivity index (χ3v) is 5.70. The van der Waals surface area contributed by atoms with Crippen LogP contribution < -0.4 is 4.74 Å². The van der Waals surface area contributed by atoms with Gasteiger partial charge in [0.25, 0.3) is 0 Å². The summed E-state index contributed by atoms with van der Waals surface area (Å²) in [5.41, 5.74) is 8.18. The third kappa shape index (κ3) is 3.95. The molecule has 0 aliphatic carbocycles. The second-order valence-corrected chi connectivity index (χ2v) is 8.61. The average molecular weight is 403 g/mol. The summed E-state index contributed by atoms with van der Waals surface area (Å²) in [6.07, 6.45) is 0. The van der Waals surface area contributed by atoms with Gasteiger partial charge in [-0.05, 0) is 74.5 Å². The largest absolute Gasteiger partial charge is 0.496 e. The van der Waals surface area contributed by atoms with Crippen LogP contribution in [0.2, 0.25) is 0 Å². The van der Waals surface area contributed by atoms with Crippen LogP contribution >= 0.6 is 15.9 Å². The molecule has 2 rings (SSSR count). The number of hydrogen-bond donors (Lipinski definition) is 0. The number of hydrogen-bond acceptors (Lipinski definition) is 1. The van der Waals surface area contributed by atoms with E-state index in [-0.39, 0.29) is 0 Å². The fourth-order valence-electron chi connectivity index (χ4n) is 3.36. The van der Waals surface area contributed by atoms with E-state index >= 15 is 0 Å². The minimum atomic E-state index is 0.462. The number of methoxy groups -OCH3 is 1. The molecule has 2 heteroatoms. The molecule has 25 heavy (non-hydrogen) atoms. The van der Waals surface area contributed by atoms with E-state index in [0.717, 1.165) is 10.2 Å². The van der Waals surface area contributed by atoms with Crippen LogP contribution in [-0.2, 0) is 0 Å². The first-order valence-corrected chi connectivity index (χ1v) is 9.99. The number of halogens is 1. The van der Waals surface area contributed by atoms with Crippen LogP contribution in [-0.4, -0.2) is 7.11 Å². The lowest BCUT2D eigenvalue weighted by Crippen LogP contribution is -2.05. The maximum absolute atomic E-state index is 5.58. The summed E-state index contributed by atoms with van der Waals surface area (Å²) in [5.74, 6) is 2.34. The Kier molecular flexibility index (Phi) is 6.37. The van der Waals surface area contributed by atoms with Crippen LogP contribution in [0, 0.1) is 6.92 Å². The van der Waals surface area contributed by atoms with Crippen LogP contribution in [0.3, 0.4) is 0 Å². The highest BCUT2D eigenvalue weighted by molar-refractivity contribution is 9.10. The minimum Gasteiger partial charge on any atom is -0.496 e. The van der Waals surface area contributed by atoms with Gasteiger partial charge in [-0.25, -0.2) is 0 Å². The van der Waals surface area contributed by atoms with E-state index in [2.05, 4.69) is 82.6 Å². The Hall–Kier alpha value is -1.28. The summed E-state index contributed by atoms with van der Waals surface area (Å²) < 4.78 is 6.63. The van der Waals surface area contributed by atoms with E-state index < -0.39 is 0 Å². The van der Waals surface area contributed by atoms with Gasteiger partial charge in [0.2, 0.25) is 0 Å². The van der Waals surface area contributed by atoms with Crippen molar-refractivity contribution in [3.8, 4) is 16.9 Å². The van der Waals surface area contributed by atoms with Crippen molar-refractivity contribution in [1.82, 2.24) is 0 Å². The topological polar surface area (TPSA) is 9.23 Å². The zero-order chi connectivity index (χ0) is 18.9. The standard InChI is InChI=1S/C23H31BrO/c1-13(2)17-11-18(14(3)4)22(19(12-17)15(5)6)21-16(7)9-10-20(25-8)23(21)24/h9-15H,1-8H3. The Morgan fingerprint density at radius 1 is 0.800 bits per heavy atom. The van der Waals surface area contributed by atoms with Gasteiger partial charge in [-0.15, -0.1) is 0 Å². The molecular weight excluding hydrogens is 372 g/mol. The fourth-order valence-corrected chi connectivity index (χ4v) is 4.17. The van der Waals surface area contributed by atoms with Crippen LogP contribution in [0.25, 0.3) is 11.1 Å². The van der Waals surface area contributed by atoms with Gasteiger partial charge in [-0.2, -0.15) is 0 Å². The van der Waals surface area contributed by atoms with Gasteiger partial charge in [0.15, 0.2) is 0 Å². The van der Waals surface area contributed by atoms with Crippen LogP contribution in [0.5, 0.6) is 5.75 Å². The Morgan fingerprint density at radius 2 is 1.32 bits per heavy atom. The highest BCUT2D eigenvalue weighted by atomic mass is 79.9. The summed E-state index contributed by atoms with van der Waals surface area (Å²) in [6, 6.07) is 9.00. The quantitative estimate of drug-likeness (QED) is 0.495. The lowest BCUT2D eigenvalue weighted by molar-refractivity contribution is 0.412. The van der Waals surface area contributed by atoms with Crippen molar-refractivity contribution in [3.63, 3.8) is 0 Å². The molecule has 0 spiro atoms. The van der Waals surface area contributed by atoms with E-state index in [0.29, 0.717) is 17.8 Å². The Labute approximate surface area is 161 Å². The molecule has 2 aromatic rings. The number of benzene rings is 2. The van der Waals surface area contributed by atoms with Crippen molar-refractivity contribution >= 4 is 15.9 Å². The Bertz CT molecular complexity index is 728. The number of aryl methyl sites for hydroxylation is 1. The number of ether oxygens (including phenoxy) is 1. The van der Waals surface area contributed by atoms with Crippen molar-refractivity contribution in [2.45, 2.75) is 66.2 Å². The summed E-state index contributed by atoms with van der Waals surface area (Å²) >= 11 is 3.82. The van der Waals surface area contributed by atoms with E-state index in [1.807, 2.05) is 6.07 Å². The van der Waals surface area contributed by atoms with Gasteiger partial charge in [0, 0.05) is 5.56 Å². The van der Waals surface area contributed by atoms with Crippen molar-refractivity contribution in [3.05, 3.63) is 51.0 Å². The zero-order valence-electron chi connectivity index (χ0n) is 16.8. The normalized spacial score (nSPS) is 11.7. The molecule has 0 amide bonds. The molecule has 0 N–H and O–H groups in total. The molecule has 1 nitrogen and oxygen atoms in total. The first kappa shape index (κ1) is 20.0. The Balaban J connectivity index is 2.94. The lowest BCUT2D eigenvalue weighted by atomic mass is 9.81. The summed E-state index contributed by atoms with van der Waals surface area (Å²) in [7, 11) is 1.73. The van der Waals surface area contributed by atoms with Gasteiger partial charge < -0.3 is 4.74 Å². The molecule has 0 radical (unpaired) electrons. The molecular formula is C23H31BrO. The van der Waals surface area contributed by atoms with E-state index in [4.69, 9.17) is 4.74 Å². The predicted molar refractivity (Wildman–Crippen MR) is 113 cm³/mol. The lowest BCUT2D eigenvalue weighted by Gasteiger charge is -2.25. The van der Waals surface area contributed by atoms with Crippen molar-refractivity contribution in [2.75, 3.05) is 7.11 Å². The highest BCUT2D eigenvalue weighted by Crippen LogP contribution is 2.45. The first-order valence-electron chi connectivity index (χ1n) is 9.20. The molecule has 0 aliphatic rings. The van der Waals surface area contributed by atoms with E-state index in [1.165, 1.54) is 33.4 Å². The summed E-state index contributed by atoms with van der Waals surface area (Å²) in [4.78, 5) is 0. The highest BCUT2D eigenvalue weighted by Gasteiger charge is 2.22. The van der Waals surface area contributed by atoms with Gasteiger partial charge in [-0.1, -0.05) is 59.7 Å². The molecule has 0 saturated heterocycles.